The Hall–Kier alpha value is -2.42. The Balaban J connectivity index is 1.46. The molecule has 3 aromatic heterocycles. The largest absolute Gasteiger partial charge is 0.303 e. The molecule has 1 aliphatic heterocycles. The van der Waals surface area contributed by atoms with Gasteiger partial charge in [0.25, 0.3) is 0 Å². The molecule has 0 saturated carbocycles. The first kappa shape index (κ1) is 18.6. The van der Waals surface area contributed by atoms with Crippen molar-refractivity contribution in [2.24, 2.45) is 7.05 Å². The molecule has 1 aromatic carbocycles. The molecule has 1 aliphatic rings. The Morgan fingerprint density at radius 1 is 1.14 bits per heavy atom. The van der Waals surface area contributed by atoms with E-state index in [9.17, 15) is 0 Å². The number of hydrogen-bond donors (Lipinski definition) is 0. The monoisotopic (exact) mass is 422 g/mol. The summed E-state index contributed by atoms with van der Waals surface area (Å²) in [7, 11) is 1.98. The average Bonchev–Trinajstić information content (AvgIpc) is 3.31. The van der Waals surface area contributed by atoms with E-state index in [4.69, 9.17) is 22.3 Å². The minimum Gasteiger partial charge on any atom is -0.303 e. The van der Waals surface area contributed by atoms with Gasteiger partial charge >= 0.3 is 0 Å². The normalized spacial score (nSPS) is 17.8. The van der Waals surface area contributed by atoms with E-state index in [1.165, 1.54) is 22.5 Å². The van der Waals surface area contributed by atoms with Crippen LogP contribution in [0.4, 0.5) is 0 Å². The van der Waals surface area contributed by atoms with Gasteiger partial charge in [0.05, 0.1) is 22.9 Å². The minimum absolute atomic E-state index is 0.314. The SMILES string of the molecule is Cn1c(-c2ccncc2)nn(CN2CCCCC2c2nc3ccccc3s2)c1=S. The van der Waals surface area contributed by atoms with Gasteiger partial charge in [0.15, 0.2) is 10.6 Å². The maximum Gasteiger partial charge on any atom is 0.199 e. The highest BCUT2D eigenvalue weighted by Crippen LogP contribution is 2.36. The second kappa shape index (κ2) is 7.78. The molecule has 4 heterocycles. The van der Waals surface area contributed by atoms with Gasteiger partial charge < -0.3 is 4.57 Å². The second-order valence-electron chi connectivity index (χ2n) is 7.39. The van der Waals surface area contributed by atoms with Crippen molar-refractivity contribution in [1.82, 2.24) is 29.2 Å². The highest BCUT2D eigenvalue weighted by molar-refractivity contribution is 7.71. The van der Waals surface area contributed by atoms with E-state index in [2.05, 4.69) is 34.1 Å². The highest BCUT2D eigenvalue weighted by atomic mass is 32.1. The number of likely N-dealkylation sites (tertiary alicyclic amines) is 1. The summed E-state index contributed by atoms with van der Waals surface area (Å²) < 4.78 is 5.89. The van der Waals surface area contributed by atoms with Crippen LogP contribution < -0.4 is 0 Å². The van der Waals surface area contributed by atoms with E-state index in [1.807, 2.05) is 28.4 Å². The Morgan fingerprint density at radius 2 is 1.97 bits per heavy atom. The van der Waals surface area contributed by atoms with Crippen molar-refractivity contribution in [2.75, 3.05) is 6.54 Å². The van der Waals surface area contributed by atoms with Crippen LogP contribution in [0.5, 0.6) is 0 Å². The molecule has 148 valence electrons. The van der Waals surface area contributed by atoms with Gasteiger partial charge in [-0.25, -0.2) is 9.67 Å². The summed E-state index contributed by atoms with van der Waals surface area (Å²) in [5.41, 5.74) is 2.11. The van der Waals surface area contributed by atoms with E-state index in [0.717, 1.165) is 34.6 Å². The molecule has 29 heavy (non-hydrogen) atoms. The number of pyridine rings is 1. The quantitative estimate of drug-likeness (QED) is 0.442. The summed E-state index contributed by atoms with van der Waals surface area (Å²) in [5, 5.41) is 6.03. The summed E-state index contributed by atoms with van der Waals surface area (Å²) in [4.78, 5) is 11.5. The maximum atomic E-state index is 5.70. The molecule has 4 aromatic rings. The number of benzene rings is 1. The fourth-order valence-corrected chi connectivity index (χ4v) is 5.30. The second-order valence-corrected chi connectivity index (χ2v) is 8.81. The molecule has 1 fully saturated rings. The Labute approximate surface area is 178 Å². The molecular weight excluding hydrogens is 400 g/mol. The number of thiazole rings is 1. The fourth-order valence-electron chi connectivity index (χ4n) is 3.98. The molecule has 6 nitrogen and oxygen atoms in total. The topological polar surface area (TPSA) is 51.8 Å². The molecule has 0 aliphatic carbocycles. The Morgan fingerprint density at radius 3 is 2.79 bits per heavy atom. The predicted molar refractivity (Wildman–Crippen MR) is 118 cm³/mol. The molecule has 5 rings (SSSR count). The van der Waals surface area contributed by atoms with Gasteiger partial charge in [-0.15, -0.1) is 11.3 Å². The van der Waals surface area contributed by atoms with Gasteiger partial charge in [0, 0.05) is 31.5 Å². The van der Waals surface area contributed by atoms with Gasteiger partial charge in [-0.05, 0) is 49.3 Å². The fraction of sp³-hybridized carbons (Fsp3) is 0.333. The van der Waals surface area contributed by atoms with Gasteiger partial charge in [-0.1, -0.05) is 18.6 Å². The summed E-state index contributed by atoms with van der Waals surface area (Å²) in [6.07, 6.45) is 7.11. The van der Waals surface area contributed by atoms with E-state index in [0.29, 0.717) is 12.7 Å². The zero-order valence-electron chi connectivity index (χ0n) is 16.2. The van der Waals surface area contributed by atoms with Crippen LogP contribution >= 0.6 is 23.6 Å². The molecule has 0 N–H and O–H groups in total. The van der Waals surface area contributed by atoms with Crippen LogP contribution in [-0.4, -0.2) is 35.8 Å². The van der Waals surface area contributed by atoms with Crippen LogP contribution in [0.2, 0.25) is 0 Å². The molecule has 0 radical (unpaired) electrons. The number of para-hydroxylation sites is 1. The minimum atomic E-state index is 0.314. The zero-order valence-corrected chi connectivity index (χ0v) is 17.9. The first-order chi connectivity index (χ1) is 14.2. The number of nitrogens with zero attached hydrogens (tertiary/aromatic N) is 6. The number of fused-ring (bicyclic) bond motifs is 1. The van der Waals surface area contributed by atoms with Crippen LogP contribution in [0.15, 0.2) is 48.8 Å². The van der Waals surface area contributed by atoms with Crippen molar-refractivity contribution in [3.8, 4) is 11.4 Å². The predicted octanol–water partition coefficient (Wildman–Crippen LogP) is 4.81. The standard InChI is InChI=1S/C21H22N6S2/c1-25-19(15-9-11-22-12-10-15)24-27(21(25)28)14-26-13-5-4-7-17(26)20-23-16-6-2-3-8-18(16)29-20/h2-3,6,8-12,17H,4-5,7,13-14H2,1H3. The van der Waals surface area contributed by atoms with Crippen molar-refractivity contribution < 1.29 is 0 Å². The molecule has 1 saturated heterocycles. The highest BCUT2D eigenvalue weighted by Gasteiger charge is 2.27. The first-order valence-corrected chi connectivity index (χ1v) is 11.1. The number of piperidine rings is 1. The molecular formula is C21H22N6S2. The molecule has 1 unspecified atom stereocenters. The van der Waals surface area contributed by atoms with Crippen molar-refractivity contribution >= 4 is 33.8 Å². The lowest BCUT2D eigenvalue weighted by Gasteiger charge is -2.34. The lowest BCUT2D eigenvalue weighted by Crippen LogP contribution is -2.35. The van der Waals surface area contributed by atoms with Gasteiger partial charge in [-0.2, -0.15) is 5.10 Å². The summed E-state index contributed by atoms with van der Waals surface area (Å²) in [6, 6.07) is 12.6. The van der Waals surface area contributed by atoms with Crippen molar-refractivity contribution in [2.45, 2.75) is 32.0 Å². The van der Waals surface area contributed by atoms with E-state index >= 15 is 0 Å². The maximum absolute atomic E-state index is 5.70. The van der Waals surface area contributed by atoms with Crippen LogP contribution in [0.1, 0.15) is 30.3 Å². The van der Waals surface area contributed by atoms with Gasteiger partial charge in [0.1, 0.15) is 5.01 Å². The lowest BCUT2D eigenvalue weighted by molar-refractivity contribution is 0.103. The van der Waals surface area contributed by atoms with Crippen molar-refractivity contribution in [3.63, 3.8) is 0 Å². The molecule has 0 spiro atoms. The Kier molecular flexibility index (Phi) is 4.99. The van der Waals surface area contributed by atoms with Gasteiger partial charge in [0.2, 0.25) is 0 Å². The summed E-state index contributed by atoms with van der Waals surface area (Å²) in [5.74, 6) is 0.867. The summed E-state index contributed by atoms with van der Waals surface area (Å²) in [6.45, 7) is 1.71. The average molecular weight is 423 g/mol. The molecule has 0 bridgehead atoms. The van der Waals surface area contributed by atoms with Crippen molar-refractivity contribution in [3.05, 3.63) is 58.6 Å². The smallest absolute Gasteiger partial charge is 0.199 e. The zero-order chi connectivity index (χ0) is 19.8. The van der Waals surface area contributed by atoms with Crippen LogP contribution in [0.3, 0.4) is 0 Å². The molecule has 0 amide bonds. The molecule has 1 atom stereocenters. The first-order valence-electron chi connectivity index (χ1n) is 9.84. The van der Waals surface area contributed by atoms with E-state index < -0.39 is 0 Å². The third-order valence-electron chi connectivity index (χ3n) is 5.50. The third kappa shape index (κ3) is 3.52. The van der Waals surface area contributed by atoms with E-state index in [1.54, 1.807) is 23.7 Å². The van der Waals surface area contributed by atoms with Crippen LogP contribution in [0, 0.1) is 4.77 Å². The van der Waals surface area contributed by atoms with Crippen LogP contribution in [0.25, 0.3) is 21.6 Å². The van der Waals surface area contributed by atoms with Gasteiger partial charge in [-0.3, -0.25) is 9.88 Å². The Bertz CT molecular complexity index is 1160. The third-order valence-corrected chi connectivity index (χ3v) is 7.13. The molecule has 8 heteroatoms. The number of rotatable bonds is 4. The number of hydrogen-bond acceptors (Lipinski definition) is 6. The summed E-state index contributed by atoms with van der Waals surface area (Å²) >= 11 is 7.51. The van der Waals surface area contributed by atoms with Crippen LogP contribution in [-0.2, 0) is 13.7 Å². The lowest BCUT2D eigenvalue weighted by atomic mass is 10.0. The van der Waals surface area contributed by atoms with Crippen molar-refractivity contribution in [1.29, 1.82) is 0 Å². The number of aromatic nitrogens is 5. The van der Waals surface area contributed by atoms with E-state index in [-0.39, 0.29) is 0 Å².